The van der Waals surface area contributed by atoms with Crippen molar-refractivity contribution in [1.82, 2.24) is 0 Å². The normalized spacial score (nSPS) is 12.8. The average Bonchev–Trinajstić information content (AvgIpc) is 2.21. The summed E-state index contributed by atoms with van der Waals surface area (Å²) in [6.07, 6.45) is 0. The molecule has 15 heavy (non-hydrogen) atoms. The van der Waals surface area contributed by atoms with E-state index in [2.05, 4.69) is 26.0 Å². The Bertz CT molecular complexity index is 314. The molecule has 0 heterocycles. The molecule has 2 N–H and O–H groups in total. The molecule has 0 saturated heterocycles. The highest BCUT2D eigenvalue weighted by Gasteiger charge is 2.03. The fourth-order valence-corrected chi connectivity index (χ4v) is 2.72. The molecule has 0 aliphatic carbocycles. The molecule has 0 saturated carbocycles. The first-order valence-electron chi connectivity index (χ1n) is 5.16. The van der Waals surface area contributed by atoms with E-state index < -0.39 is 0 Å². The van der Waals surface area contributed by atoms with E-state index >= 15 is 0 Å². The fraction of sp³-hybridized carbons (Fsp3) is 0.500. The molecule has 0 spiro atoms. The minimum Gasteiger partial charge on any atom is -0.330 e. The third kappa shape index (κ3) is 4.45. The van der Waals surface area contributed by atoms with Crippen molar-refractivity contribution in [2.24, 2.45) is 11.7 Å². The third-order valence-electron chi connectivity index (χ3n) is 2.27. The number of rotatable bonds is 5. The number of benzene rings is 1. The molecule has 0 fully saturated rings. The first-order chi connectivity index (χ1) is 7.13. The van der Waals surface area contributed by atoms with Crippen LogP contribution >= 0.6 is 23.4 Å². The zero-order valence-corrected chi connectivity index (χ0v) is 10.9. The summed E-state index contributed by atoms with van der Waals surface area (Å²) in [4.78, 5) is 0. The topological polar surface area (TPSA) is 26.0 Å². The number of hydrogen-bond acceptors (Lipinski definition) is 2. The van der Waals surface area contributed by atoms with Crippen LogP contribution in [0.5, 0.6) is 0 Å². The van der Waals surface area contributed by atoms with Crippen molar-refractivity contribution in [2.75, 3.05) is 12.3 Å². The maximum Gasteiger partial charge on any atom is 0.0449 e. The summed E-state index contributed by atoms with van der Waals surface area (Å²) in [7, 11) is 0. The molecule has 84 valence electrons. The third-order valence-corrected chi connectivity index (χ3v) is 3.94. The molecule has 0 aliphatic rings. The Balaban J connectivity index is 2.44. The van der Waals surface area contributed by atoms with Crippen molar-refractivity contribution in [2.45, 2.75) is 19.6 Å². The lowest BCUT2D eigenvalue weighted by Crippen LogP contribution is -2.12. The highest BCUT2D eigenvalue weighted by molar-refractivity contribution is 7.98. The van der Waals surface area contributed by atoms with Gasteiger partial charge < -0.3 is 5.73 Å². The molecule has 1 rings (SSSR count). The standard InChI is InChI=1S/C12H18ClNS/c1-9-3-4-11(12(13)5-9)8-15-7-10(2)6-14/h3-5,10H,6-8,14H2,1-2H3. The van der Waals surface area contributed by atoms with Gasteiger partial charge in [-0.1, -0.05) is 30.7 Å². The second kappa shape index (κ2) is 6.41. The van der Waals surface area contributed by atoms with Crippen LogP contribution in [0.15, 0.2) is 18.2 Å². The van der Waals surface area contributed by atoms with Crippen molar-refractivity contribution in [1.29, 1.82) is 0 Å². The quantitative estimate of drug-likeness (QED) is 0.857. The van der Waals surface area contributed by atoms with Crippen LogP contribution in [-0.4, -0.2) is 12.3 Å². The molecule has 0 amide bonds. The molecule has 3 heteroatoms. The van der Waals surface area contributed by atoms with Crippen LogP contribution in [0.25, 0.3) is 0 Å². The Morgan fingerprint density at radius 2 is 2.20 bits per heavy atom. The van der Waals surface area contributed by atoms with Gasteiger partial charge in [0.05, 0.1) is 0 Å². The van der Waals surface area contributed by atoms with Crippen molar-refractivity contribution in [3.05, 3.63) is 34.3 Å². The highest BCUT2D eigenvalue weighted by atomic mass is 35.5. The lowest BCUT2D eigenvalue weighted by molar-refractivity contribution is 0.675. The average molecular weight is 244 g/mol. The summed E-state index contributed by atoms with van der Waals surface area (Å²) >= 11 is 8.04. The van der Waals surface area contributed by atoms with Gasteiger partial charge in [-0.25, -0.2) is 0 Å². The van der Waals surface area contributed by atoms with Crippen molar-refractivity contribution >= 4 is 23.4 Å². The zero-order chi connectivity index (χ0) is 11.3. The highest BCUT2D eigenvalue weighted by Crippen LogP contribution is 2.23. The predicted octanol–water partition coefficient (Wildman–Crippen LogP) is 3.48. The van der Waals surface area contributed by atoms with E-state index in [1.807, 2.05) is 17.8 Å². The second-order valence-corrected chi connectivity index (χ2v) is 5.39. The van der Waals surface area contributed by atoms with Crippen LogP contribution in [0.1, 0.15) is 18.1 Å². The monoisotopic (exact) mass is 243 g/mol. The van der Waals surface area contributed by atoms with E-state index in [4.69, 9.17) is 17.3 Å². The Hall–Kier alpha value is -0.180. The molecule has 1 aromatic rings. The predicted molar refractivity (Wildman–Crippen MR) is 70.6 cm³/mol. The minimum absolute atomic E-state index is 0.583. The van der Waals surface area contributed by atoms with Gasteiger partial charge >= 0.3 is 0 Å². The Morgan fingerprint density at radius 1 is 1.47 bits per heavy atom. The summed E-state index contributed by atoms with van der Waals surface area (Å²) in [6.45, 7) is 4.98. The summed E-state index contributed by atoms with van der Waals surface area (Å²) in [5, 5.41) is 0.878. The van der Waals surface area contributed by atoms with E-state index in [9.17, 15) is 0 Å². The summed E-state index contributed by atoms with van der Waals surface area (Å²) in [5.74, 6) is 2.66. The van der Waals surface area contributed by atoms with Crippen LogP contribution in [0.4, 0.5) is 0 Å². The number of halogens is 1. The lowest BCUT2D eigenvalue weighted by atomic mass is 10.2. The molecule has 0 aliphatic heterocycles. The van der Waals surface area contributed by atoms with Crippen LogP contribution in [0, 0.1) is 12.8 Å². The van der Waals surface area contributed by atoms with Gasteiger partial charge in [0.2, 0.25) is 0 Å². The Morgan fingerprint density at radius 3 is 2.80 bits per heavy atom. The van der Waals surface area contributed by atoms with Crippen LogP contribution in [0.2, 0.25) is 5.02 Å². The van der Waals surface area contributed by atoms with E-state index in [1.54, 1.807) is 0 Å². The van der Waals surface area contributed by atoms with Crippen molar-refractivity contribution < 1.29 is 0 Å². The number of hydrogen-bond donors (Lipinski definition) is 1. The minimum atomic E-state index is 0.583. The van der Waals surface area contributed by atoms with Gasteiger partial charge in [0.25, 0.3) is 0 Å². The van der Waals surface area contributed by atoms with Crippen molar-refractivity contribution in [3.63, 3.8) is 0 Å². The largest absolute Gasteiger partial charge is 0.330 e. The van der Waals surface area contributed by atoms with E-state index in [1.165, 1.54) is 11.1 Å². The summed E-state index contributed by atoms with van der Waals surface area (Å²) in [5.41, 5.74) is 7.99. The van der Waals surface area contributed by atoms with Gasteiger partial charge in [-0.3, -0.25) is 0 Å². The smallest absolute Gasteiger partial charge is 0.0449 e. The van der Waals surface area contributed by atoms with Gasteiger partial charge in [0.15, 0.2) is 0 Å². The molecular formula is C12H18ClNS. The second-order valence-electron chi connectivity index (χ2n) is 3.95. The first-order valence-corrected chi connectivity index (χ1v) is 6.69. The Kier molecular flexibility index (Phi) is 5.51. The molecule has 1 nitrogen and oxygen atoms in total. The van der Waals surface area contributed by atoms with Gasteiger partial charge in [0.1, 0.15) is 0 Å². The van der Waals surface area contributed by atoms with Gasteiger partial charge in [-0.05, 0) is 42.3 Å². The number of aryl methyl sites for hydroxylation is 1. The van der Waals surface area contributed by atoms with E-state index in [-0.39, 0.29) is 0 Å². The molecule has 0 radical (unpaired) electrons. The van der Waals surface area contributed by atoms with Gasteiger partial charge in [-0.15, -0.1) is 0 Å². The summed E-state index contributed by atoms with van der Waals surface area (Å²) in [6, 6.07) is 6.23. The zero-order valence-electron chi connectivity index (χ0n) is 9.29. The maximum atomic E-state index is 6.14. The SMILES string of the molecule is Cc1ccc(CSCC(C)CN)c(Cl)c1. The molecular weight excluding hydrogens is 226 g/mol. The molecule has 1 atom stereocenters. The van der Waals surface area contributed by atoms with Crippen LogP contribution in [0.3, 0.4) is 0 Å². The molecule has 1 aromatic carbocycles. The maximum absolute atomic E-state index is 6.14. The molecule has 1 unspecified atom stereocenters. The van der Waals surface area contributed by atoms with Crippen molar-refractivity contribution in [3.8, 4) is 0 Å². The Labute approximate surface area is 101 Å². The fourth-order valence-electron chi connectivity index (χ4n) is 1.21. The van der Waals surface area contributed by atoms with Crippen LogP contribution < -0.4 is 5.73 Å². The number of nitrogens with two attached hydrogens (primary N) is 1. The van der Waals surface area contributed by atoms with Gasteiger partial charge in [-0.2, -0.15) is 11.8 Å². The summed E-state index contributed by atoms with van der Waals surface area (Å²) < 4.78 is 0. The van der Waals surface area contributed by atoms with E-state index in [0.29, 0.717) is 5.92 Å². The molecule has 0 bridgehead atoms. The number of thioether (sulfide) groups is 1. The van der Waals surface area contributed by atoms with Crippen LogP contribution in [-0.2, 0) is 5.75 Å². The van der Waals surface area contributed by atoms with E-state index in [0.717, 1.165) is 23.1 Å². The molecule has 0 aromatic heterocycles. The first kappa shape index (κ1) is 12.9. The van der Waals surface area contributed by atoms with Gasteiger partial charge in [0, 0.05) is 10.8 Å². The lowest BCUT2D eigenvalue weighted by Gasteiger charge is -2.09.